The molecule has 3 aromatic rings. The van der Waals surface area contributed by atoms with Crippen molar-refractivity contribution < 1.29 is 4.52 Å². The summed E-state index contributed by atoms with van der Waals surface area (Å²) in [5, 5.41) is 10.8. The Bertz CT molecular complexity index is 912. The quantitative estimate of drug-likeness (QED) is 0.294. The lowest BCUT2D eigenvalue weighted by Crippen LogP contribution is -2.36. The summed E-state index contributed by atoms with van der Waals surface area (Å²) < 4.78 is 7.55. The average Bonchev–Trinajstić information content (AvgIpc) is 3.28. The Morgan fingerprint density at radius 1 is 1.18 bits per heavy atom. The van der Waals surface area contributed by atoms with Crippen LogP contribution in [0.25, 0.3) is 11.0 Å². The van der Waals surface area contributed by atoms with Gasteiger partial charge in [0.05, 0.1) is 29.8 Å². The Labute approximate surface area is 183 Å². The summed E-state index contributed by atoms with van der Waals surface area (Å²) in [6.45, 7) is 5.47. The normalized spacial score (nSPS) is 11.7. The number of imidazole rings is 1. The fourth-order valence-electron chi connectivity index (χ4n) is 3.22. The molecule has 0 saturated carbocycles. The number of aryl methyl sites for hydroxylation is 1. The van der Waals surface area contributed by atoms with E-state index in [4.69, 9.17) is 4.52 Å². The SMILES string of the molecule is CCC(CC)c1cc(CNC(=NC)NCc2nc3ccccc3n2C)on1.I. The molecule has 0 aliphatic heterocycles. The number of para-hydroxylation sites is 2. The molecule has 2 N–H and O–H groups in total. The van der Waals surface area contributed by atoms with Crippen LogP contribution >= 0.6 is 24.0 Å². The van der Waals surface area contributed by atoms with Crippen molar-refractivity contribution in [1.82, 2.24) is 25.3 Å². The molecule has 2 aromatic heterocycles. The maximum absolute atomic E-state index is 5.45. The third kappa shape index (κ3) is 5.03. The molecule has 0 aliphatic rings. The van der Waals surface area contributed by atoms with Crippen LogP contribution in [-0.4, -0.2) is 27.7 Å². The van der Waals surface area contributed by atoms with Crippen molar-refractivity contribution in [2.45, 2.75) is 45.7 Å². The van der Waals surface area contributed by atoms with Crippen LogP contribution in [0.4, 0.5) is 0 Å². The number of fused-ring (bicyclic) bond motifs is 1. The Morgan fingerprint density at radius 2 is 1.89 bits per heavy atom. The molecule has 0 fully saturated rings. The average molecular weight is 496 g/mol. The summed E-state index contributed by atoms with van der Waals surface area (Å²) in [7, 11) is 3.77. The molecule has 1 aromatic carbocycles. The first-order chi connectivity index (χ1) is 13.2. The van der Waals surface area contributed by atoms with E-state index in [0.717, 1.165) is 41.2 Å². The first-order valence-electron chi connectivity index (χ1n) is 9.46. The van der Waals surface area contributed by atoms with Gasteiger partial charge in [-0.1, -0.05) is 31.1 Å². The standard InChI is InChI=1S/C20H28N6O.HI/c1-5-14(6-2)17-11-15(27-25-17)12-22-20(21-3)23-13-19-24-16-9-7-8-10-18(16)26(19)4;/h7-11,14H,5-6,12-13H2,1-4H3,(H2,21,22,23);1H. The van der Waals surface area contributed by atoms with E-state index in [2.05, 4.69) is 50.2 Å². The summed E-state index contributed by atoms with van der Waals surface area (Å²) >= 11 is 0. The van der Waals surface area contributed by atoms with Crippen molar-refractivity contribution in [3.05, 3.63) is 47.6 Å². The number of guanidine groups is 1. The summed E-state index contributed by atoms with van der Waals surface area (Å²) in [5.74, 6) is 2.91. The molecule has 152 valence electrons. The van der Waals surface area contributed by atoms with E-state index in [-0.39, 0.29) is 24.0 Å². The molecule has 0 atom stereocenters. The summed E-state index contributed by atoms with van der Waals surface area (Å²) in [4.78, 5) is 8.94. The second-order valence-corrected chi connectivity index (χ2v) is 6.59. The molecule has 0 unspecified atom stereocenters. The summed E-state index contributed by atoms with van der Waals surface area (Å²) in [5.41, 5.74) is 3.14. The predicted octanol–water partition coefficient (Wildman–Crippen LogP) is 3.95. The largest absolute Gasteiger partial charge is 0.359 e. The molecule has 0 bridgehead atoms. The Kier molecular flexibility index (Phi) is 8.28. The van der Waals surface area contributed by atoms with Gasteiger partial charge in [-0.25, -0.2) is 4.98 Å². The number of aliphatic imine (C=N–C) groups is 1. The second kappa shape index (κ2) is 10.4. The maximum Gasteiger partial charge on any atom is 0.191 e. The molecular weight excluding hydrogens is 467 g/mol. The van der Waals surface area contributed by atoms with Crippen molar-refractivity contribution >= 4 is 41.0 Å². The number of rotatable bonds is 7. The van der Waals surface area contributed by atoms with Crippen LogP contribution in [0, 0.1) is 0 Å². The minimum absolute atomic E-state index is 0. The van der Waals surface area contributed by atoms with Crippen molar-refractivity contribution in [1.29, 1.82) is 0 Å². The van der Waals surface area contributed by atoms with Gasteiger partial charge in [0.2, 0.25) is 0 Å². The minimum atomic E-state index is 0. The molecule has 3 rings (SSSR count). The van der Waals surface area contributed by atoms with Gasteiger partial charge in [-0.2, -0.15) is 0 Å². The fourth-order valence-corrected chi connectivity index (χ4v) is 3.22. The van der Waals surface area contributed by atoms with E-state index >= 15 is 0 Å². The van der Waals surface area contributed by atoms with Crippen LogP contribution in [0.1, 0.15) is 49.9 Å². The summed E-state index contributed by atoms with van der Waals surface area (Å²) in [6.07, 6.45) is 2.13. The molecule has 0 aliphatic carbocycles. The molecular formula is C20H29IN6O. The second-order valence-electron chi connectivity index (χ2n) is 6.59. The molecule has 0 spiro atoms. The van der Waals surface area contributed by atoms with E-state index in [1.54, 1.807) is 7.05 Å². The first-order valence-corrected chi connectivity index (χ1v) is 9.46. The van der Waals surface area contributed by atoms with Gasteiger partial charge in [-0.05, 0) is 25.0 Å². The molecule has 8 heteroatoms. The monoisotopic (exact) mass is 496 g/mol. The molecule has 7 nitrogen and oxygen atoms in total. The number of hydrogen-bond acceptors (Lipinski definition) is 4. The molecule has 0 amide bonds. The number of nitrogens with zero attached hydrogens (tertiary/aromatic N) is 4. The van der Waals surface area contributed by atoms with Crippen molar-refractivity contribution in [3.8, 4) is 0 Å². The number of halogens is 1. The van der Waals surface area contributed by atoms with E-state index < -0.39 is 0 Å². The molecule has 2 heterocycles. The first kappa shape index (κ1) is 22.2. The highest BCUT2D eigenvalue weighted by Crippen LogP contribution is 2.22. The smallest absolute Gasteiger partial charge is 0.191 e. The zero-order valence-electron chi connectivity index (χ0n) is 16.9. The zero-order valence-corrected chi connectivity index (χ0v) is 19.2. The highest BCUT2D eigenvalue weighted by molar-refractivity contribution is 14.0. The van der Waals surface area contributed by atoms with Gasteiger partial charge >= 0.3 is 0 Å². The highest BCUT2D eigenvalue weighted by atomic mass is 127. The lowest BCUT2D eigenvalue weighted by atomic mass is 9.99. The van der Waals surface area contributed by atoms with E-state index in [1.165, 1.54) is 0 Å². The van der Waals surface area contributed by atoms with Crippen molar-refractivity contribution in [2.75, 3.05) is 7.05 Å². The van der Waals surface area contributed by atoms with Crippen LogP contribution < -0.4 is 10.6 Å². The Morgan fingerprint density at radius 3 is 2.57 bits per heavy atom. The third-order valence-electron chi connectivity index (χ3n) is 4.93. The van der Waals surface area contributed by atoms with Crippen LogP contribution in [0.15, 0.2) is 39.8 Å². The van der Waals surface area contributed by atoms with E-state index in [0.29, 0.717) is 25.0 Å². The lowest BCUT2D eigenvalue weighted by Gasteiger charge is -2.10. The lowest BCUT2D eigenvalue weighted by molar-refractivity contribution is 0.368. The van der Waals surface area contributed by atoms with Gasteiger partial charge in [0, 0.05) is 26.1 Å². The zero-order chi connectivity index (χ0) is 19.2. The van der Waals surface area contributed by atoms with Gasteiger partial charge in [0.25, 0.3) is 0 Å². The minimum Gasteiger partial charge on any atom is -0.359 e. The topological polar surface area (TPSA) is 80.3 Å². The van der Waals surface area contributed by atoms with Gasteiger partial charge in [-0.3, -0.25) is 4.99 Å². The predicted molar refractivity (Wildman–Crippen MR) is 123 cm³/mol. The number of benzene rings is 1. The van der Waals surface area contributed by atoms with Gasteiger partial charge in [-0.15, -0.1) is 24.0 Å². The molecule has 0 radical (unpaired) electrons. The number of aromatic nitrogens is 3. The third-order valence-corrected chi connectivity index (χ3v) is 4.93. The van der Waals surface area contributed by atoms with Crippen LogP contribution in [-0.2, 0) is 20.1 Å². The fraction of sp³-hybridized carbons (Fsp3) is 0.450. The van der Waals surface area contributed by atoms with E-state index in [1.807, 2.05) is 31.3 Å². The van der Waals surface area contributed by atoms with Crippen molar-refractivity contribution in [2.24, 2.45) is 12.0 Å². The summed E-state index contributed by atoms with van der Waals surface area (Å²) in [6, 6.07) is 10.1. The number of hydrogen-bond donors (Lipinski definition) is 2. The van der Waals surface area contributed by atoms with Gasteiger partial charge in [0.15, 0.2) is 11.7 Å². The van der Waals surface area contributed by atoms with Crippen molar-refractivity contribution in [3.63, 3.8) is 0 Å². The maximum atomic E-state index is 5.45. The molecule has 0 saturated heterocycles. The van der Waals surface area contributed by atoms with Gasteiger partial charge < -0.3 is 19.7 Å². The van der Waals surface area contributed by atoms with Crippen LogP contribution in [0.3, 0.4) is 0 Å². The Hall–Kier alpha value is -2.10. The van der Waals surface area contributed by atoms with Crippen LogP contribution in [0.2, 0.25) is 0 Å². The van der Waals surface area contributed by atoms with Crippen LogP contribution in [0.5, 0.6) is 0 Å². The highest BCUT2D eigenvalue weighted by Gasteiger charge is 2.13. The van der Waals surface area contributed by atoms with Gasteiger partial charge in [0.1, 0.15) is 5.82 Å². The van der Waals surface area contributed by atoms with E-state index in [9.17, 15) is 0 Å². The Balaban J connectivity index is 0.00000280. The number of nitrogens with one attached hydrogen (secondary N) is 2. The molecule has 28 heavy (non-hydrogen) atoms.